The number of benzene rings is 2. The molecule has 0 spiro atoms. The van der Waals surface area contributed by atoms with Gasteiger partial charge in [0.05, 0.1) is 12.2 Å². The lowest BCUT2D eigenvalue weighted by Gasteiger charge is -2.14. The number of rotatable bonds is 6. The van der Waals surface area contributed by atoms with Crippen LogP contribution in [0.15, 0.2) is 48.5 Å². The van der Waals surface area contributed by atoms with Crippen molar-refractivity contribution in [3.8, 4) is 5.69 Å². The molecule has 28 heavy (non-hydrogen) atoms. The lowest BCUT2D eigenvalue weighted by Crippen LogP contribution is -2.15. The molecule has 0 fully saturated rings. The number of ketones is 1. The molecule has 0 radical (unpaired) electrons. The third-order valence-electron chi connectivity index (χ3n) is 3.86. The van der Waals surface area contributed by atoms with E-state index in [0.717, 1.165) is 0 Å². The fraction of sp³-hybridized carbons (Fsp3) is 0.158. The highest BCUT2D eigenvalue weighted by Gasteiger charge is 2.21. The fourth-order valence-corrected chi connectivity index (χ4v) is 2.83. The molecule has 0 aliphatic rings. The Kier molecular flexibility index (Phi) is 7.45. The van der Waals surface area contributed by atoms with Gasteiger partial charge in [0, 0.05) is 23.1 Å². The van der Waals surface area contributed by atoms with Gasteiger partial charge in [-0.1, -0.05) is 41.9 Å². The van der Waals surface area contributed by atoms with Crippen LogP contribution in [0.25, 0.3) is 5.69 Å². The van der Waals surface area contributed by atoms with Crippen LogP contribution in [0.5, 0.6) is 0 Å². The smallest absolute Gasteiger partial charge is 0.303 e. The first kappa shape index (κ1) is 21.7. The minimum absolute atomic E-state index is 0. The van der Waals surface area contributed by atoms with Gasteiger partial charge in [-0.05, 0) is 18.2 Å². The van der Waals surface area contributed by atoms with Crippen molar-refractivity contribution in [2.75, 3.05) is 0 Å². The van der Waals surface area contributed by atoms with Crippen molar-refractivity contribution in [3.63, 3.8) is 0 Å². The Hall–Kier alpha value is -2.55. The molecule has 0 unspecified atom stereocenters. The minimum atomic E-state index is -0.449. The number of aromatic nitrogens is 3. The molecular formula is C19H18BrClN4O3. The average Bonchev–Trinajstić information content (AvgIpc) is 3.09. The number of ether oxygens (including phenoxy) is 1. The Labute approximate surface area is 177 Å². The molecule has 3 rings (SSSR count). The van der Waals surface area contributed by atoms with Gasteiger partial charge in [0.15, 0.2) is 24.0 Å². The van der Waals surface area contributed by atoms with E-state index in [2.05, 4.69) is 10.2 Å². The van der Waals surface area contributed by atoms with Gasteiger partial charge in [-0.2, -0.15) is 0 Å². The summed E-state index contributed by atoms with van der Waals surface area (Å²) in [7, 11) is 0. The first-order chi connectivity index (χ1) is 13.0. The molecule has 0 aliphatic carbocycles. The SMILES string of the molecule is Br.CC(=O)OCc1nnc(CN)n1-c1ccc(Cl)cc1C(=O)c1ccccc1. The van der Waals surface area contributed by atoms with Gasteiger partial charge >= 0.3 is 5.97 Å². The Morgan fingerprint density at radius 2 is 1.79 bits per heavy atom. The van der Waals surface area contributed by atoms with E-state index in [4.69, 9.17) is 22.1 Å². The highest BCUT2D eigenvalue weighted by molar-refractivity contribution is 8.93. The van der Waals surface area contributed by atoms with Gasteiger partial charge in [-0.3, -0.25) is 14.2 Å². The van der Waals surface area contributed by atoms with Crippen molar-refractivity contribution >= 4 is 40.3 Å². The maximum Gasteiger partial charge on any atom is 0.303 e. The second kappa shape index (κ2) is 9.59. The van der Waals surface area contributed by atoms with Gasteiger partial charge in [-0.25, -0.2) is 0 Å². The van der Waals surface area contributed by atoms with E-state index in [0.29, 0.717) is 33.5 Å². The molecule has 146 valence electrons. The highest BCUT2D eigenvalue weighted by atomic mass is 79.9. The van der Waals surface area contributed by atoms with Crippen LogP contribution in [0.2, 0.25) is 5.02 Å². The molecule has 1 heterocycles. The van der Waals surface area contributed by atoms with E-state index < -0.39 is 5.97 Å². The van der Waals surface area contributed by atoms with Gasteiger partial charge in [0.25, 0.3) is 0 Å². The zero-order chi connectivity index (χ0) is 19.4. The molecule has 7 nitrogen and oxygen atoms in total. The number of hydrogen-bond donors (Lipinski definition) is 1. The number of halogens is 2. The Bertz CT molecular complexity index is 992. The van der Waals surface area contributed by atoms with Crippen molar-refractivity contribution in [3.05, 3.63) is 76.3 Å². The molecule has 2 N–H and O–H groups in total. The summed E-state index contributed by atoms with van der Waals surface area (Å²) in [6.45, 7) is 1.30. The van der Waals surface area contributed by atoms with E-state index in [1.165, 1.54) is 6.92 Å². The molecule has 0 amide bonds. The van der Waals surface area contributed by atoms with Gasteiger partial charge in [-0.15, -0.1) is 27.2 Å². The first-order valence-corrected chi connectivity index (χ1v) is 8.55. The summed E-state index contributed by atoms with van der Waals surface area (Å²) in [5.74, 6) is 0.135. The average molecular weight is 466 g/mol. The molecule has 0 atom stereocenters. The third-order valence-corrected chi connectivity index (χ3v) is 4.10. The molecule has 9 heteroatoms. The quantitative estimate of drug-likeness (QED) is 0.443. The van der Waals surface area contributed by atoms with Crippen molar-refractivity contribution in [1.29, 1.82) is 0 Å². The van der Waals surface area contributed by atoms with Crippen molar-refractivity contribution in [1.82, 2.24) is 14.8 Å². The topological polar surface area (TPSA) is 100 Å². The lowest BCUT2D eigenvalue weighted by atomic mass is 10.0. The van der Waals surface area contributed by atoms with Crippen LogP contribution in [0, 0.1) is 0 Å². The molecule has 2 aromatic carbocycles. The van der Waals surface area contributed by atoms with E-state index in [-0.39, 0.29) is 35.9 Å². The van der Waals surface area contributed by atoms with Gasteiger partial charge in [0.1, 0.15) is 0 Å². The number of esters is 1. The van der Waals surface area contributed by atoms with Crippen LogP contribution in [0.1, 0.15) is 34.5 Å². The summed E-state index contributed by atoms with van der Waals surface area (Å²) in [6, 6.07) is 13.8. The number of nitrogens with two attached hydrogens (primary N) is 1. The number of hydrogen-bond acceptors (Lipinski definition) is 6. The van der Waals surface area contributed by atoms with Crippen LogP contribution in [0.3, 0.4) is 0 Å². The minimum Gasteiger partial charge on any atom is -0.458 e. The monoisotopic (exact) mass is 464 g/mol. The fourth-order valence-electron chi connectivity index (χ4n) is 2.65. The summed E-state index contributed by atoms with van der Waals surface area (Å²) >= 11 is 6.14. The van der Waals surface area contributed by atoms with Crippen molar-refractivity contribution in [2.45, 2.75) is 20.1 Å². The van der Waals surface area contributed by atoms with Crippen LogP contribution in [-0.2, 0) is 22.7 Å². The lowest BCUT2D eigenvalue weighted by molar-refractivity contribution is -0.142. The van der Waals surface area contributed by atoms with Gasteiger partial charge < -0.3 is 10.5 Å². The van der Waals surface area contributed by atoms with Crippen LogP contribution in [-0.4, -0.2) is 26.5 Å². The van der Waals surface area contributed by atoms with Gasteiger partial charge in [0.2, 0.25) is 0 Å². The van der Waals surface area contributed by atoms with Crippen molar-refractivity contribution < 1.29 is 14.3 Å². The third kappa shape index (κ3) is 4.64. The molecule has 0 bridgehead atoms. The standard InChI is InChI=1S/C19H17ClN4O3.BrH/c1-12(25)27-11-18-23-22-17(10-21)24(18)16-8-7-14(20)9-15(16)19(26)13-5-3-2-4-6-13;/h2-9H,10-11,21H2,1H3;1H. The Morgan fingerprint density at radius 3 is 2.43 bits per heavy atom. The van der Waals surface area contributed by atoms with Crippen LogP contribution >= 0.6 is 28.6 Å². The Morgan fingerprint density at radius 1 is 1.11 bits per heavy atom. The predicted octanol–water partition coefficient (Wildman–Crippen LogP) is 3.25. The Balaban J connectivity index is 0.00000280. The maximum atomic E-state index is 13.1. The van der Waals surface area contributed by atoms with E-state index in [9.17, 15) is 9.59 Å². The second-order valence-electron chi connectivity index (χ2n) is 5.71. The first-order valence-electron chi connectivity index (χ1n) is 8.17. The predicted molar refractivity (Wildman–Crippen MR) is 110 cm³/mol. The molecule has 3 aromatic rings. The highest BCUT2D eigenvalue weighted by Crippen LogP contribution is 2.25. The summed E-state index contributed by atoms with van der Waals surface area (Å²) in [4.78, 5) is 24.2. The summed E-state index contributed by atoms with van der Waals surface area (Å²) in [5.41, 5.74) is 7.18. The van der Waals surface area contributed by atoms with Crippen LogP contribution in [0.4, 0.5) is 0 Å². The molecule has 0 saturated heterocycles. The molecule has 0 aliphatic heterocycles. The number of carbonyl (C=O) groups excluding carboxylic acids is 2. The zero-order valence-electron chi connectivity index (χ0n) is 15.0. The normalized spacial score (nSPS) is 10.2. The van der Waals surface area contributed by atoms with E-state index in [1.807, 2.05) is 6.07 Å². The maximum absolute atomic E-state index is 13.1. The molecule has 0 saturated carbocycles. The molecular weight excluding hydrogens is 448 g/mol. The van der Waals surface area contributed by atoms with E-state index >= 15 is 0 Å². The summed E-state index contributed by atoms with van der Waals surface area (Å²) in [6.07, 6.45) is 0. The summed E-state index contributed by atoms with van der Waals surface area (Å²) in [5, 5.41) is 8.50. The largest absolute Gasteiger partial charge is 0.458 e. The second-order valence-corrected chi connectivity index (χ2v) is 6.15. The van der Waals surface area contributed by atoms with Crippen LogP contribution < -0.4 is 5.73 Å². The summed E-state index contributed by atoms with van der Waals surface area (Å²) < 4.78 is 6.66. The molecule has 1 aromatic heterocycles. The van der Waals surface area contributed by atoms with Crippen molar-refractivity contribution in [2.24, 2.45) is 5.73 Å². The number of nitrogens with zero attached hydrogens (tertiary/aromatic N) is 3. The number of carbonyl (C=O) groups is 2. The zero-order valence-corrected chi connectivity index (χ0v) is 17.4. The van der Waals surface area contributed by atoms with E-state index in [1.54, 1.807) is 47.0 Å².